The molecule has 0 aromatic rings. The van der Waals surface area contributed by atoms with Crippen molar-refractivity contribution in [2.45, 2.75) is 68.0 Å². The first-order chi connectivity index (χ1) is 12.9. The van der Waals surface area contributed by atoms with Gasteiger partial charge < -0.3 is 21.1 Å². The Hall–Kier alpha value is -1.31. The molecule has 0 aromatic heterocycles. The predicted molar refractivity (Wildman–Crippen MR) is 129 cm³/mol. The average Bonchev–Trinajstić information content (AvgIpc) is 2.91. The highest BCUT2D eigenvalue weighted by atomic mass is 16.4. The Balaban J connectivity index is -0.000000638. The van der Waals surface area contributed by atoms with Crippen molar-refractivity contribution < 1.29 is 9.90 Å². The van der Waals surface area contributed by atoms with Gasteiger partial charge in [0, 0.05) is 16.2 Å². The molecule has 1 aliphatic rings. The summed E-state index contributed by atoms with van der Waals surface area (Å²) >= 11 is 0. The largest absolute Gasteiger partial charge is 0.478 e. The molecule has 0 aromatic carbocycles. The number of nitrogens with zero attached hydrogens (tertiary/aromatic N) is 2. The van der Waals surface area contributed by atoms with Crippen LogP contribution in [0.25, 0.3) is 0 Å². The van der Waals surface area contributed by atoms with E-state index in [2.05, 4.69) is 25.9 Å². The molecule has 0 saturated carbocycles. The smallest absolute Gasteiger partial charge is 0.354 e. The zero-order valence-corrected chi connectivity index (χ0v) is 21.7. The molecular weight excluding hydrogens is 366 g/mol. The Labute approximate surface area is 180 Å². The van der Waals surface area contributed by atoms with Crippen LogP contribution in [0, 0.1) is 16.2 Å². The zero-order valence-electron chi connectivity index (χ0n) is 21.7. The van der Waals surface area contributed by atoms with Crippen LogP contribution in [-0.2, 0) is 4.79 Å². The van der Waals surface area contributed by atoms with Gasteiger partial charge in [-0.05, 0) is 42.3 Å². The first kappa shape index (κ1) is 32.4. The highest BCUT2D eigenvalue weighted by molar-refractivity contribution is 6.47. The third-order valence-corrected chi connectivity index (χ3v) is 3.54. The molecule has 1 aliphatic heterocycles. The summed E-state index contributed by atoms with van der Waals surface area (Å²) in [7, 11) is 11.2. The van der Waals surface area contributed by atoms with E-state index in [1.165, 1.54) is 0 Å². The molecule has 7 nitrogen and oxygen atoms in total. The molecule has 0 unspecified atom stereocenters. The maximum atomic E-state index is 11.9. The summed E-state index contributed by atoms with van der Waals surface area (Å²) in [5.74, 6) is -0.981. The fourth-order valence-electron chi connectivity index (χ4n) is 2.25. The van der Waals surface area contributed by atoms with Gasteiger partial charge in [0.2, 0.25) is 0 Å². The molecule has 0 atom stereocenters. The van der Waals surface area contributed by atoms with Crippen molar-refractivity contribution in [1.82, 2.24) is 16.0 Å². The minimum absolute atomic E-state index is 0.228. The standard InChI is InChI=1S/C16H28N2O2.3C2H7N/c1-13(2,3)10-11(14(4,5)6)18-16(17-10,12(19)20)15(7,8)9;3*1-3-2/h1-9H3,(H,19,20);3*3H,1-2H3. The van der Waals surface area contributed by atoms with Gasteiger partial charge in [-0.2, -0.15) is 0 Å². The summed E-state index contributed by atoms with van der Waals surface area (Å²) in [6.45, 7) is 17.9. The van der Waals surface area contributed by atoms with Crippen LogP contribution in [0.3, 0.4) is 0 Å². The second-order valence-corrected chi connectivity index (χ2v) is 10.1. The van der Waals surface area contributed by atoms with E-state index in [1.54, 1.807) is 0 Å². The minimum atomic E-state index is -1.42. The van der Waals surface area contributed by atoms with Crippen molar-refractivity contribution in [1.29, 1.82) is 0 Å². The molecule has 4 N–H and O–H groups in total. The Morgan fingerprint density at radius 2 is 0.897 bits per heavy atom. The van der Waals surface area contributed by atoms with Crippen LogP contribution in [0.1, 0.15) is 62.3 Å². The summed E-state index contributed by atoms with van der Waals surface area (Å²) in [6.07, 6.45) is 0. The topological polar surface area (TPSA) is 98.1 Å². The molecule has 0 amide bonds. The summed E-state index contributed by atoms with van der Waals surface area (Å²) in [5.41, 5.74) is -0.839. The van der Waals surface area contributed by atoms with E-state index in [1.807, 2.05) is 105 Å². The fourth-order valence-corrected chi connectivity index (χ4v) is 2.25. The molecule has 7 heteroatoms. The van der Waals surface area contributed by atoms with Crippen molar-refractivity contribution >= 4 is 17.4 Å². The normalized spacial score (nSPS) is 15.4. The molecular formula is C22H49N5O2. The lowest BCUT2D eigenvalue weighted by atomic mass is 9.78. The van der Waals surface area contributed by atoms with Crippen LogP contribution in [0.15, 0.2) is 9.98 Å². The molecule has 0 fully saturated rings. The minimum Gasteiger partial charge on any atom is -0.478 e. The third kappa shape index (κ3) is 10.3. The van der Waals surface area contributed by atoms with Gasteiger partial charge >= 0.3 is 5.97 Å². The van der Waals surface area contributed by atoms with Gasteiger partial charge in [0.25, 0.3) is 5.66 Å². The van der Waals surface area contributed by atoms with E-state index in [4.69, 9.17) is 0 Å². The molecule has 0 spiro atoms. The Morgan fingerprint density at radius 1 is 0.690 bits per heavy atom. The first-order valence-corrected chi connectivity index (χ1v) is 10.1. The summed E-state index contributed by atoms with van der Waals surface area (Å²) in [4.78, 5) is 21.1. The van der Waals surface area contributed by atoms with Gasteiger partial charge in [0.1, 0.15) is 0 Å². The first-order valence-electron chi connectivity index (χ1n) is 10.1. The second kappa shape index (κ2) is 13.1. The molecule has 29 heavy (non-hydrogen) atoms. The van der Waals surface area contributed by atoms with Crippen molar-refractivity contribution in [3.63, 3.8) is 0 Å². The fraction of sp³-hybridized carbons (Fsp3) is 0.864. The molecule has 1 heterocycles. The van der Waals surface area contributed by atoms with Crippen molar-refractivity contribution in [3.05, 3.63) is 0 Å². The molecule has 0 bridgehead atoms. The van der Waals surface area contributed by atoms with E-state index in [-0.39, 0.29) is 10.8 Å². The van der Waals surface area contributed by atoms with Gasteiger partial charge in [-0.1, -0.05) is 62.3 Å². The van der Waals surface area contributed by atoms with E-state index in [9.17, 15) is 9.90 Å². The van der Waals surface area contributed by atoms with Crippen molar-refractivity contribution in [2.24, 2.45) is 26.2 Å². The SMILES string of the molecule is CC(C)(C)C1=NC(C(=O)O)(C(C)(C)C)N=C1C(C)(C)C.CNC.CNC.CNC. The van der Waals surface area contributed by atoms with E-state index >= 15 is 0 Å². The Kier molecular flexibility index (Phi) is 14.6. The van der Waals surface area contributed by atoms with Gasteiger partial charge in [0.15, 0.2) is 0 Å². The number of carboxylic acid groups (broad SMARTS) is 1. The number of rotatable bonds is 1. The maximum Gasteiger partial charge on any atom is 0.354 e. The molecule has 0 aliphatic carbocycles. The zero-order chi connectivity index (χ0) is 24.3. The van der Waals surface area contributed by atoms with E-state index < -0.39 is 17.0 Å². The van der Waals surface area contributed by atoms with Gasteiger partial charge in [0.05, 0.1) is 11.4 Å². The Bertz CT molecular complexity index is 498. The number of carboxylic acids is 1. The highest BCUT2D eigenvalue weighted by Gasteiger charge is 2.55. The van der Waals surface area contributed by atoms with E-state index in [0.717, 1.165) is 11.4 Å². The Morgan fingerprint density at radius 3 is 1.00 bits per heavy atom. The van der Waals surface area contributed by atoms with Crippen molar-refractivity contribution in [2.75, 3.05) is 42.3 Å². The number of hydrogen-bond acceptors (Lipinski definition) is 6. The van der Waals surface area contributed by atoms with Crippen LogP contribution in [0.2, 0.25) is 0 Å². The number of carbonyl (C=O) groups is 1. The average molecular weight is 416 g/mol. The van der Waals surface area contributed by atoms with Crippen LogP contribution >= 0.6 is 0 Å². The highest BCUT2D eigenvalue weighted by Crippen LogP contribution is 2.43. The lowest BCUT2D eigenvalue weighted by Gasteiger charge is -2.32. The van der Waals surface area contributed by atoms with Crippen LogP contribution in [0.4, 0.5) is 0 Å². The lowest BCUT2D eigenvalue weighted by Crippen LogP contribution is -2.46. The quantitative estimate of drug-likeness (QED) is 0.527. The summed E-state index contributed by atoms with van der Waals surface area (Å²) < 4.78 is 0. The number of nitrogens with one attached hydrogen (secondary N) is 3. The molecule has 0 saturated heterocycles. The number of hydrogen-bond donors (Lipinski definition) is 4. The second-order valence-electron chi connectivity index (χ2n) is 10.1. The van der Waals surface area contributed by atoms with Crippen LogP contribution in [0.5, 0.6) is 0 Å². The lowest BCUT2D eigenvalue weighted by molar-refractivity contribution is -0.146. The monoisotopic (exact) mass is 415 g/mol. The van der Waals surface area contributed by atoms with E-state index in [0.29, 0.717) is 0 Å². The van der Waals surface area contributed by atoms with Crippen molar-refractivity contribution in [3.8, 4) is 0 Å². The number of aliphatic carboxylic acids is 1. The molecule has 1 rings (SSSR count). The summed E-state index contributed by atoms with van der Waals surface area (Å²) in [5, 5.41) is 18.0. The third-order valence-electron chi connectivity index (χ3n) is 3.54. The van der Waals surface area contributed by atoms with Crippen LogP contribution < -0.4 is 16.0 Å². The van der Waals surface area contributed by atoms with Crippen LogP contribution in [-0.4, -0.2) is 70.4 Å². The van der Waals surface area contributed by atoms with Gasteiger partial charge in [-0.3, -0.25) is 0 Å². The molecule has 0 radical (unpaired) electrons. The predicted octanol–water partition coefficient (Wildman–Crippen LogP) is 3.31. The number of aliphatic imine (C=N–C) groups is 2. The molecule has 174 valence electrons. The van der Waals surface area contributed by atoms with Gasteiger partial charge in [-0.15, -0.1) is 0 Å². The van der Waals surface area contributed by atoms with Gasteiger partial charge in [-0.25, -0.2) is 14.8 Å². The maximum absolute atomic E-state index is 11.9. The summed E-state index contributed by atoms with van der Waals surface area (Å²) in [6, 6.07) is 0.